The van der Waals surface area contributed by atoms with Crippen molar-refractivity contribution in [1.82, 2.24) is 5.32 Å². The molecule has 1 aromatic carbocycles. The van der Waals surface area contributed by atoms with E-state index in [0.29, 0.717) is 6.61 Å². The molecule has 0 aliphatic carbocycles. The molecule has 6 heteroatoms. The molecule has 0 radical (unpaired) electrons. The summed E-state index contributed by atoms with van der Waals surface area (Å²) < 4.78 is 5.27. The highest BCUT2D eigenvalue weighted by Gasteiger charge is 2.24. The van der Waals surface area contributed by atoms with Gasteiger partial charge in [0.15, 0.2) is 0 Å². The Balaban J connectivity index is 2.40. The van der Waals surface area contributed by atoms with Gasteiger partial charge in [0, 0.05) is 6.42 Å². The average Bonchev–Trinajstić information content (AvgIpc) is 2.45. The highest BCUT2D eigenvalue weighted by atomic mass is 16.5. The second-order valence-corrected chi connectivity index (χ2v) is 4.77. The van der Waals surface area contributed by atoms with Crippen LogP contribution in [0.2, 0.25) is 0 Å². The number of amides is 2. The van der Waals surface area contributed by atoms with Gasteiger partial charge in [-0.3, -0.25) is 9.59 Å². The van der Waals surface area contributed by atoms with E-state index in [0.717, 1.165) is 5.56 Å². The third-order valence-electron chi connectivity index (χ3n) is 2.95. The quantitative estimate of drug-likeness (QED) is 0.735. The standard InChI is InChI=1S/C15H19N3O3/c1-11(7-8-16)14(15(17)20)18-13(19)10-21-9-12-5-3-2-4-6-12/h2-6,11,14H,7,9-10H2,1H3,(H2,17,20)(H,18,19)/t11-,14-/m0/s1. The first kappa shape index (κ1) is 16.7. The van der Waals surface area contributed by atoms with Gasteiger partial charge < -0.3 is 15.8 Å². The molecular formula is C15H19N3O3. The van der Waals surface area contributed by atoms with Crippen LogP contribution in [0.25, 0.3) is 0 Å². The van der Waals surface area contributed by atoms with Crippen molar-refractivity contribution in [2.45, 2.75) is 26.0 Å². The van der Waals surface area contributed by atoms with Gasteiger partial charge in [0.25, 0.3) is 0 Å². The van der Waals surface area contributed by atoms with Crippen LogP contribution in [0.4, 0.5) is 0 Å². The van der Waals surface area contributed by atoms with E-state index in [-0.39, 0.29) is 18.9 Å². The monoisotopic (exact) mass is 289 g/mol. The highest BCUT2D eigenvalue weighted by molar-refractivity contribution is 5.87. The molecule has 0 bridgehead atoms. The number of primary amides is 1. The Hall–Kier alpha value is -2.39. The summed E-state index contributed by atoms with van der Waals surface area (Å²) in [6.07, 6.45) is 0.138. The fourth-order valence-electron chi connectivity index (χ4n) is 1.81. The van der Waals surface area contributed by atoms with Crippen LogP contribution < -0.4 is 11.1 Å². The number of rotatable bonds is 8. The van der Waals surface area contributed by atoms with Gasteiger partial charge >= 0.3 is 0 Å². The molecule has 2 amide bonds. The molecule has 0 unspecified atom stereocenters. The zero-order chi connectivity index (χ0) is 15.7. The molecule has 0 saturated heterocycles. The smallest absolute Gasteiger partial charge is 0.246 e. The van der Waals surface area contributed by atoms with Crippen molar-refractivity contribution in [3.8, 4) is 6.07 Å². The number of ether oxygens (including phenoxy) is 1. The zero-order valence-electron chi connectivity index (χ0n) is 11.9. The summed E-state index contributed by atoms with van der Waals surface area (Å²) in [7, 11) is 0. The second kappa shape index (κ2) is 8.72. The predicted octanol–water partition coefficient (Wildman–Crippen LogP) is 0.723. The van der Waals surface area contributed by atoms with Gasteiger partial charge in [0.2, 0.25) is 11.8 Å². The van der Waals surface area contributed by atoms with Gasteiger partial charge in [-0.15, -0.1) is 0 Å². The Morgan fingerprint density at radius 1 is 1.38 bits per heavy atom. The van der Waals surface area contributed by atoms with Crippen LogP contribution in [0, 0.1) is 17.2 Å². The summed E-state index contributed by atoms with van der Waals surface area (Å²) in [5, 5.41) is 11.1. The van der Waals surface area contributed by atoms with Crippen molar-refractivity contribution >= 4 is 11.8 Å². The van der Waals surface area contributed by atoms with E-state index in [4.69, 9.17) is 15.7 Å². The van der Waals surface area contributed by atoms with E-state index in [1.165, 1.54) is 0 Å². The number of carbonyl (C=O) groups excluding carboxylic acids is 2. The molecule has 0 spiro atoms. The number of benzene rings is 1. The van der Waals surface area contributed by atoms with Gasteiger partial charge in [0.1, 0.15) is 12.6 Å². The van der Waals surface area contributed by atoms with Crippen LogP contribution in [0.15, 0.2) is 30.3 Å². The van der Waals surface area contributed by atoms with E-state index in [9.17, 15) is 9.59 Å². The number of nitriles is 1. The molecule has 0 aromatic heterocycles. The molecule has 1 aromatic rings. The fourth-order valence-corrected chi connectivity index (χ4v) is 1.81. The summed E-state index contributed by atoms with van der Waals surface area (Å²) in [6.45, 7) is 1.82. The Morgan fingerprint density at radius 2 is 2.05 bits per heavy atom. The van der Waals surface area contributed by atoms with Crippen LogP contribution in [-0.2, 0) is 20.9 Å². The highest BCUT2D eigenvalue weighted by Crippen LogP contribution is 2.07. The predicted molar refractivity (Wildman–Crippen MR) is 76.6 cm³/mol. The average molecular weight is 289 g/mol. The molecule has 0 saturated carbocycles. The van der Waals surface area contributed by atoms with Crippen molar-refractivity contribution < 1.29 is 14.3 Å². The Labute approximate surface area is 123 Å². The number of nitrogens with zero attached hydrogens (tertiary/aromatic N) is 1. The van der Waals surface area contributed by atoms with Crippen molar-refractivity contribution in [2.75, 3.05) is 6.61 Å². The lowest BCUT2D eigenvalue weighted by Gasteiger charge is -2.20. The first-order chi connectivity index (χ1) is 10.0. The van der Waals surface area contributed by atoms with Crippen molar-refractivity contribution in [2.24, 2.45) is 11.7 Å². The minimum absolute atomic E-state index is 0.138. The first-order valence-electron chi connectivity index (χ1n) is 6.62. The maximum Gasteiger partial charge on any atom is 0.246 e. The summed E-state index contributed by atoms with van der Waals surface area (Å²) in [6, 6.07) is 10.5. The van der Waals surface area contributed by atoms with Crippen LogP contribution in [0.5, 0.6) is 0 Å². The van der Waals surface area contributed by atoms with Gasteiger partial charge in [-0.25, -0.2) is 0 Å². The minimum Gasteiger partial charge on any atom is -0.368 e. The Bertz CT molecular complexity index is 511. The van der Waals surface area contributed by atoms with E-state index in [1.54, 1.807) is 6.92 Å². The minimum atomic E-state index is -0.863. The molecule has 3 N–H and O–H groups in total. The lowest BCUT2D eigenvalue weighted by molar-refractivity contribution is -0.131. The maximum atomic E-state index is 11.7. The van der Waals surface area contributed by atoms with E-state index in [2.05, 4.69) is 5.32 Å². The number of nitrogens with one attached hydrogen (secondary N) is 1. The Kier molecular flexibility index (Phi) is 6.92. The molecule has 0 fully saturated rings. The lowest BCUT2D eigenvalue weighted by atomic mass is 9.98. The molecule has 2 atom stereocenters. The number of carbonyl (C=O) groups is 2. The molecule has 112 valence electrons. The topological polar surface area (TPSA) is 105 Å². The second-order valence-electron chi connectivity index (χ2n) is 4.77. The number of hydrogen-bond acceptors (Lipinski definition) is 4. The fraction of sp³-hybridized carbons (Fsp3) is 0.400. The summed E-state index contributed by atoms with van der Waals surface area (Å²) in [4.78, 5) is 23.0. The van der Waals surface area contributed by atoms with Gasteiger partial charge in [-0.2, -0.15) is 5.26 Å². The molecule has 1 rings (SSSR count). The molecular weight excluding hydrogens is 270 g/mol. The summed E-state index contributed by atoms with van der Waals surface area (Å²) in [5.41, 5.74) is 6.19. The summed E-state index contributed by atoms with van der Waals surface area (Å²) >= 11 is 0. The molecule has 0 heterocycles. The van der Waals surface area contributed by atoms with E-state index in [1.807, 2.05) is 36.4 Å². The van der Waals surface area contributed by atoms with Crippen LogP contribution in [0.3, 0.4) is 0 Å². The SMILES string of the molecule is C[C@@H](CC#N)[C@H](NC(=O)COCc1ccccc1)C(N)=O. The van der Waals surface area contributed by atoms with Crippen molar-refractivity contribution in [3.63, 3.8) is 0 Å². The van der Waals surface area contributed by atoms with Gasteiger partial charge in [-0.05, 0) is 11.5 Å². The van der Waals surface area contributed by atoms with Crippen molar-refractivity contribution in [3.05, 3.63) is 35.9 Å². The molecule has 21 heavy (non-hydrogen) atoms. The molecule has 6 nitrogen and oxygen atoms in total. The first-order valence-corrected chi connectivity index (χ1v) is 6.62. The van der Waals surface area contributed by atoms with Crippen LogP contribution in [0.1, 0.15) is 18.9 Å². The van der Waals surface area contributed by atoms with E-state index >= 15 is 0 Å². The summed E-state index contributed by atoms with van der Waals surface area (Å²) in [5.74, 6) is -1.43. The van der Waals surface area contributed by atoms with E-state index < -0.39 is 17.9 Å². The van der Waals surface area contributed by atoms with Crippen LogP contribution >= 0.6 is 0 Å². The molecule has 0 aliphatic heterocycles. The zero-order valence-corrected chi connectivity index (χ0v) is 11.9. The van der Waals surface area contributed by atoms with Crippen LogP contribution in [-0.4, -0.2) is 24.5 Å². The van der Waals surface area contributed by atoms with Crippen molar-refractivity contribution in [1.29, 1.82) is 5.26 Å². The normalized spacial score (nSPS) is 13.0. The molecule has 0 aliphatic rings. The van der Waals surface area contributed by atoms with Gasteiger partial charge in [0.05, 0.1) is 12.7 Å². The lowest BCUT2D eigenvalue weighted by Crippen LogP contribution is -2.49. The largest absolute Gasteiger partial charge is 0.368 e. The third kappa shape index (κ3) is 6.06. The number of hydrogen-bond donors (Lipinski definition) is 2. The maximum absolute atomic E-state index is 11.7. The van der Waals surface area contributed by atoms with Gasteiger partial charge in [-0.1, -0.05) is 37.3 Å². The number of nitrogens with two attached hydrogens (primary N) is 1. The Morgan fingerprint density at radius 3 is 2.62 bits per heavy atom. The third-order valence-corrected chi connectivity index (χ3v) is 2.95.